The highest BCUT2D eigenvalue weighted by atomic mass is 16.5. The number of hydrogen-bond donors (Lipinski definition) is 1. The maximum atomic E-state index is 5.93. The summed E-state index contributed by atoms with van der Waals surface area (Å²) in [6.45, 7) is 7.02. The summed E-state index contributed by atoms with van der Waals surface area (Å²) < 4.78 is 9.74. The number of nitrogens with one attached hydrogen (secondary N) is 1. The molecule has 8 nitrogen and oxygen atoms in total. The number of nitrogens with zero attached hydrogens (tertiary/aromatic N) is 6. The van der Waals surface area contributed by atoms with Crippen molar-refractivity contribution in [1.29, 1.82) is 0 Å². The van der Waals surface area contributed by atoms with E-state index in [1.807, 2.05) is 51.8 Å². The zero-order valence-corrected chi connectivity index (χ0v) is 21.0. The molecule has 8 heteroatoms. The van der Waals surface area contributed by atoms with E-state index in [1.54, 1.807) is 0 Å². The van der Waals surface area contributed by atoms with Crippen LogP contribution in [0.25, 0.3) is 28.0 Å². The number of hydrogen-bond acceptors (Lipinski definition) is 6. The fourth-order valence-corrected chi connectivity index (χ4v) is 4.78. The third-order valence-corrected chi connectivity index (χ3v) is 6.79. The van der Waals surface area contributed by atoms with E-state index in [4.69, 9.17) is 14.8 Å². The van der Waals surface area contributed by atoms with Gasteiger partial charge in [-0.3, -0.25) is 9.58 Å². The first-order valence-electron chi connectivity index (χ1n) is 13.0. The smallest absolute Gasteiger partial charge is 0.247 e. The topological polar surface area (TPSA) is 72.5 Å². The predicted octanol–water partition coefficient (Wildman–Crippen LogP) is 5.50. The summed E-state index contributed by atoms with van der Waals surface area (Å²) >= 11 is 0. The Bertz CT molecular complexity index is 1480. The first kappa shape index (κ1) is 23.2. The highest BCUT2D eigenvalue weighted by Gasteiger charge is 2.12. The molecule has 0 bridgehead atoms. The number of benzene rings is 2. The van der Waals surface area contributed by atoms with Crippen molar-refractivity contribution in [2.75, 3.05) is 31.6 Å². The van der Waals surface area contributed by atoms with Crippen LogP contribution >= 0.6 is 0 Å². The molecule has 1 aliphatic heterocycles. The van der Waals surface area contributed by atoms with Gasteiger partial charge in [0.05, 0.1) is 11.9 Å². The van der Waals surface area contributed by atoms with Crippen LogP contribution in [0.15, 0.2) is 79.1 Å². The molecular formula is C29H31N7O. The van der Waals surface area contributed by atoms with Crippen molar-refractivity contribution in [3.63, 3.8) is 0 Å². The summed E-state index contributed by atoms with van der Waals surface area (Å²) in [4.78, 5) is 7.15. The van der Waals surface area contributed by atoms with E-state index in [1.165, 1.54) is 25.9 Å². The number of aromatic nitrogens is 5. The molecule has 0 spiro atoms. The molecule has 3 aromatic heterocycles. The van der Waals surface area contributed by atoms with Crippen molar-refractivity contribution in [2.24, 2.45) is 0 Å². The Morgan fingerprint density at radius 3 is 2.54 bits per heavy atom. The molecule has 0 atom stereocenters. The predicted molar refractivity (Wildman–Crippen MR) is 146 cm³/mol. The Morgan fingerprint density at radius 2 is 1.73 bits per heavy atom. The van der Waals surface area contributed by atoms with Crippen molar-refractivity contribution in [3.05, 3.63) is 79.1 Å². The number of ether oxygens (including phenoxy) is 1. The van der Waals surface area contributed by atoms with Crippen LogP contribution in [0, 0.1) is 0 Å². The molecule has 188 valence electrons. The van der Waals surface area contributed by atoms with Gasteiger partial charge in [-0.1, -0.05) is 24.3 Å². The maximum absolute atomic E-state index is 5.93. The van der Waals surface area contributed by atoms with Crippen molar-refractivity contribution >= 4 is 17.3 Å². The van der Waals surface area contributed by atoms with E-state index in [9.17, 15) is 0 Å². The molecule has 1 fully saturated rings. The first-order valence-corrected chi connectivity index (χ1v) is 13.0. The van der Waals surface area contributed by atoms with E-state index >= 15 is 0 Å². The van der Waals surface area contributed by atoms with Gasteiger partial charge in [0.25, 0.3) is 0 Å². The molecule has 0 saturated carbocycles. The SMILES string of the molecule is CCn1cc(-c2cccc(-c3cccc4nc(Nc5ccc(OCCN6CCCC6)cc5)nn34)c2)cn1. The normalized spacial score (nSPS) is 13.9. The van der Waals surface area contributed by atoms with Gasteiger partial charge in [0.2, 0.25) is 5.95 Å². The lowest BCUT2D eigenvalue weighted by Crippen LogP contribution is -2.25. The van der Waals surface area contributed by atoms with E-state index in [0.717, 1.165) is 52.6 Å². The lowest BCUT2D eigenvalue weighted by atomic mass is 10.0. The van der Waals surface area contributed by atoms with Gasteiger partial charge in [-0.25, -0.2) is 4.52 Å². The van der Waals surface area contributed by atoms with Crippen molar-refractivity contribution in [3.8, 4) is 28.1 Å². The maximum Gasteiger partial charge on any atom is 0.247 e. The zero-order valence-electron chi connectivity index (χ0n) is 21.0. The van der Waals surface area contributed by atoms with Crippen LogP contribution in [0.3, 0.4) is 0 Å². The van der Waals surface area contributed by atoms with Crippen LogP contribution in [0.1, 0.15) is 19.8 Å². The summed E-state index contributed by atoms with van der Waals surface area (Å²) in [7, 11) is 0. The monoisotopic (exact) mass is 493 g/mol. The second-order valence-corrected chi connectivity index (χ2v) is 9.33. The Labute approximate surface area is 216 Å². The quantitative estimate of drug-likeness (QED) is 0.292. The Kier molecular flexibility index (Phi) is 6.56. The van der Waals surface area contributed by atoms with E-state index in [-0.39, 0.29) is 0 Å². The minimum Gasteiger partial charge on any atom is -0.492 e. The van der Waals surface area contributed by atoms with Crippen LogP contribution in [0.2, 0.25) is 0 Å². The minimum absolute atomic E-state index is 0.551. The number of rotatable bonds is 9. The van der Waals surface area contributed by atoms with Crippen molar-refractivity contribution in [2.45, 2.75) is 26.3 Å². The van der Waals surface area contributed by atoms with Gasteiger partial charge in [-0.05, 0) is 80.9 Å². The molecule has 37 heavy (non-hydrogen) atoms. The molecule has 5 aromatic rings. The highest BCUT2D eigenvalue weighted by Crippen LogP contribution is 2.27. The number of aryl methyl sites for hydroxylation is 1. The standard InChI is InChI=1S/C29H31N7O/c1-2-35-21-24(20-30-35)22-7-5-8-23(19-22)27-9-6-10-28-32-29(33-36(27)28)31-25-11-13-26(14-12-25)37-18-17-34-15-3-4-16-34/h5-14,19-21H,2-4,15-18H2,1H3,(H,31,33). The molecule has 0 radical (unpaired) electrons. The molecule has 4 heterocycles. The third-order valence-electron chi connectivity index (χ3n) is 6.79. The van der Waals surface area contributed by atoms with Gasteiger partial charge < -0.3 is 10.1 Å². The van der Waals surface area contributed by atoms with Crippen molar-refractivity contribution < 1.29 is 4.74 Å². The van der Waals surface area contributed by atoms with Gasteiger partial charge in [-0.15, -0.1) is 5.10 Å². The lowest BCUT2D eigenvalue weighted by Gasteiger charge is -2.15. The molecule has 1 saturated heterocycles. The fraction of sp³-hybridized carbons (Fsp3) is 0.276. The number of fused-ring (bicyclic) bond motifs is 1. The van der Waals surface area contributed by atoms with E-state index in [2.05, 4.69) is 58.8 Å². The molecule has 0 amide bonds. The second-order valence-electron chi connectivity index (χ2n) is 9.33. The van der Waals surface area contributed by atoms with Gasteiger partial charge in [0, 0.05) is 36.1 Å². The van der Waals surface area contributed by atoms with Crippen LogP contribution in [-0.4, -0.2) is 55.5 Å². The minimum atomic E-state index is 0.551. The molecule has 6 rings (SSSR count). The summed E-state index contributed by atoms with van der Waals surface area (Å²) in [5.74, 6) is 1.43. The van der Waals surface area contributed by atoms with Crippen LogP contribution in [0.4, 0.5) is 11.6 Å². The largest absolute Gasteiger partial charge is 0.492 e. The van der Waals surface area contributed by atoms with E-state index < -0.39 is 0 Å². The molecule has 0 aliphatic carbocycles. The summed E-state index contributed by atoms with van der Waals surface area (Å²) in [5, 5.41) is 12.5. The Balaban J connectivity index is 1.17. The van der Waals surface area contributed by atoms with Gasteiger partial charge in [-0.2, -0.15) is 10.1 Å². The lowest BCUT2D eigenvalue weighted by molar-refractivity contribution is 0.238. The number of pyridine rings is 1. The van der Waals surface area contributed by atoms with Gasteiger partial charge >= 0.3 is 0 Å². The average Bonchev–Trinajstić information content (AvgIpc) is 3.70. The second kappa shape index (κ2) is 10.4. The van der Waals surface area contributed by atoms with E-state index in [0.29, 0.717) is 12.6 Å². The van der Waals surface area contributed by atoms with Crippen LogP contribution in [0.5, 0.6) is 5.75 Å². The molecule has 1 aliphatic rings. The number of anilines is 2. The zero-order chi connectivity index (χ0) is 25.0. The van der Waals surface area contributed by atoms with Crippen LogP contribution in [-0.2, 0) is 6.54 Å². The molecular weight excluding hydrogens is 462 g/mol. The molecule has 1 N–H and O–H groups in total. The fourth-order valence-electron chi connectivity index (χ4n) is 4.78. The summed E-state index contributed by atoms with van der Waals surface area (Å²) in [6.07, 6.45) is 6.58. The molecule has 2 aromatic carbocycles. The average molecular weight is 494 g/mol. The van der Waals surface area contributed by atoms with Gasteiger partial charge in [0.1, 0.15) is 12.4 Å². The summed E-state index contributed by atoms with van der Waals surface area (Å²) in [6, 6.07) is 22.5. The Morgan fingerprint density at radius 1 is 0.919 bits per heavy atom. The van der Waals surface area contributed by atoms with Crippen molar-refractivity contribution in [1.82, 2.24) is 29.3 Å². The van der Waals surface area contributed by atoms with Crippen LogP contribution < -0.4 is 10.1 Å². The number of likely N-dealkylation sites (tertiary alicyclic amines) is 1. The van der Waals surface area contributed by atoms with Gasteiger partial charge in [0.15, 0.2) is 5.65 Å². The highest BCUT2D eigenvalue weighted by molar-refractivity contribution is 5.72. The molecule has 0 unspecified atom stereocenters. The Hall–Kier alpha value is -4.17. The first-order chi connectivity index (χ1) is 18.2. The summed E-state index contributed by atoms with van der Waals surface area (Å²) in [5.41, 5.74) is 5.96. The third kappa shape index (κ3) is 5.20.